The molecular formula is C15H20ClN3O. The average Bonchev–Trinajstić information content (AvgIpc) is 2.84. The summed E-state index contributed by atoms with van der Waals surface area (Å²) in [4.78, 5) is 18.7. The lowest BCUT2D eigenvalue weighted by Gasteiger charge is -2.23. The maximum atomic E-state index is 12.4. The van der Waals surface area contributed by atoms with Crippen molar-refractivity contribution in [2.75, 3.05) is 13.6 Å². The molecule has 0 radical (unpaired) electrons. The number of rotatable bonds is 4. The highest BCUT2D eigenvalue weighted by Crippen LogP contribution is 2.28. The molecule has 0 aliphatic rings. The summed E-state index contributed by atoms with van der Waals surface area (Å²) in [6.45, 7) is 6.41. The number of amides is 1. The molecule has 0 aliphatic carbocycles. The third-order valence-corrected chi connectivity index (χ3v) is 3.77. The summed E-state index contributed by atoms with van der Waals surface area (Å²) in [7, 11) is 1.81. The van der Waals surface area contributed by atoms with E-state index in [0.29, 0.717) is 6.54 Å². The summed E-state index contributed by atoms with van der Waals surface area (Å²) >= 11 is 6.23. The first kappa shape index (κ1) is 14.9. The predicted molar refractivity (Wildman–Crippen MR) is 82.0 cm³/mol. The second-order valence-electron chi connectivity index (χ2n) is 4.97. The molecule has 1 amide bonds. The Balaban J connectivity index is 2.56. The number of halogens is 1. The zero-order chi connectivity index (χ0) is 14.9. The molecule has 0 saturated heterocycles. The largest absolute Gasteiger partial charge is 0.344 e. The van der Waals surface area contributed by atoms with Gasteiger partial charge in [0.15, 0.2) is 0 Å². The van der Waals surface area contributed by atoms with Gasteiger partial charge >= 0.3 is 0 Å². The van der Waals surface area contributed by atoms with E-state index in [0.717, 1.165) is 16.9 Å². The van der Waals surface area contributed by atoms with Crippen molar-refractivity contribution in [2.45, 2.75) is 32.2 Å². The third-order valence-electron chi connectivity index (χ3n) is 3.57. The minimum absolute atomic E-state index is 0.0641. The van der Waals surface area contributed by atoms with Gasteiger partial charge in [-0.1, -0.05) is 12.1 Å². The first-order chi connectivity index (χ1) is 9.47. The molecule has 1 heterocycles. The van der Waals surface area contributed by atoms with E-state index in [-0.39, 0.29) is 17.3 Å². The Morgan fingerprint density at radius 1 is 1.40 bits per heavy atom. The summed E-state index contributed by atoms with van der Waals surface area (Å²) < 4.78 is 1.95. The molecule has 20 heavy (non-hydrogen) atoms. The van der Waals surface area contributed by atoms with E-state index >= 15 is 0 Å². The molecule has 4 nitrogen and oxygen atoms in total. The topological polar surface area (TPSA) is 38.1 Å². The number of fused-ring (bicyclic) bond motifs is 1. The first-order valence-electron chi connectivity index (χ1n) is 6.83. The third kappa shape index (κ3) is 2.52. The van der Waals surface area contributed by atoms with Crippen LogP contribution in [0.5, 0.6) is 0 Å². The molecule has 1 aromatic heterocycles. The first-order valence-corrected chi connectivity index (χ1v) is 7.26. The van der Waals surface area contributed by atoms with E-state index in [1.54, 1.807) is 4.90 Å². The van der Waals surface area contributed by atoms with E-state index in [9.17, 15) is 4.79 Å². The van der Waals surface area contributed by atoms with Crippen LogP contribution in [0.3, 0.4) is 0 Å². The van der Waals surface area contributed by atoms with Gasteiger partial charge in [0.05, 0.1) is 16.4 Å². The van der Waals surface area contributed by atoms with Crippen molar-refractivity contribution in [3.63, 3.8) is 0 Å². The molecule has 108 valence electrons. The van der Waals surface area contributed by atoms with E-state index in [1.165, 1.54) is 0 Å². The fraction of sp³-hybridized carbons (Fsp3) is 0.467. The predicted octanol–water partition coefficient (Wildman–Crippen LogP) is 3.38. The van der Waals surface area contributed by atoms with Crippen LogP contribution in [-0.2, 0) is 4.79 Å². The number of imidazole rings is 1. The van der Waals surface area contributed by atoms with Crippen LogP contribution in [0.15, 0.2) is 24.3 Å². The van der Waals surface area contributed by atoms with Crippen LogP contribution in [0, 0.1) is 0 Å². The second-order valence-corrected chi connectivity index (χ2v) is 5.63. The fourth-order valence-electron chi connectivity index (χ4n) is 2.34. The average molecular weight is 294 g/mol. The van der Waals surface area contributed by atoms with E-state index in [2.05, 4.69) is 4.98 Å². The van der Waals surface area contributed by atoms with Gasteiger partial charge in [-0.15, -0.1) is 11.6 Å². The number of alkyl halides is 1. The summed E-state index contributed by atoms with van der Waals surface area (Å²) in [5, 5.41) is -0.246. The molecule has 0 N–H and O–H groups in total. The number of likely N-dealkylation sites (N-methyl/N-ethyl adjacent to an activating group) is 1. The van der Waals surface area contributed by atoms with Gasteiger partial charge in [-0.3, -0.25) is 4.79 Å². The van der Waals surface area contributed by atoms with Crippen molar-refractivity contribution in [3.8, 4) is 0 Å². The molecule has 0 fully saturated rings. The quantitative estimate of drug-likeness (QED) is 0.811. The van der Waals surface area contributed by atoms with Crippen LogP contribution in [-0.4, -0.2) is 34.0 Å². The maximum Gasteiger partial charge on any atom is 0.245 e. The number of para-hydroxylation sites is 2. The lowest BCUT2D eigenvalue weighted by atomic mass is 10.2. The zero-order valence-corrected chi connectivity index (χ0v) is 13.1. The van der Waals surface area contributed by atoms with Gasteiger partial charge in [0, 0.05) is 13.6 Å². The zero-order valence-electron chi connectivity index (χ0n) is 12.3. The highest BCUT2D eigenvalue weighted by molar-refractivity contribution is 6.20. The number of aromatic nitrogens is 2. The molecule has 1 aromatic carbocycles. The smallest absolute Gasteiger partial charge is 0.245 e. The van der Waals surface area contributed by atoms with E-state index < -0.39 is 0 Å². The van der Waals surface area contributed by atoms with Gasteiger partial charge in [0.1, 0.15) is 11.9 Å². The molecule has 0 saturated carbocycles. The lowest BCUT2D eigenvalue weighted by molar-refractivity contribution is -0.132. The highest BCUT2D eigenvalue weighted by atomic mass is 35.5. The van der Waals surface area contributed by atoms with Crippen LogP contribution >= 0.6 is 11.6 Å². The lowest BCUT2D eigenvalue weighted by Crippen LogP contribution is -2.33. The number of nitrogens with zero attached hydrogens (tertiary/aromatic N) is 3. The van der Waals surface area contributed by atoms with Gasteiger partial charge in [-0.05, 0) is 32.9 Å². The number of hydrogen-bond acceptors (Lipinski definition) is 2. The van der Waals surface area contributed by atoms with Crippen molar-refractivity contribution in [1.29, 1.82) is 0 Å². The molecule has 0 spiro atoms. The van der Waals surface area contributed by atoms with Crippen LogP contribution in [0.1, 0.15) is 38.0 Å². The minimum atomic E-state index is -0.316. The van der Waals surface area contributed by atoms with Gasteiger partial charge in [-0.25, -0.2) is 4.98 Å². The van der Waals surface area contributed by atoms with Crippen molar-refractivity contribution in [1.82, 2.24) is 14.5 Å². The summed E-state index contributed by atoms with van der Waals surface area (Å²) in [6, 6.07) is 7.48. The van der Waals surface area contributed by atoms with Crippen LogP contribution in [0.2, 0.25) is 0 Å². The number of benzene rings is 1. The number of carbonyl (C=O) groups excluding carboxylic acids is 1. The van der Waals surface area contributed by atoms with Gasteiger partial charge < -0.3 is 9.47 Å². The SMILES string of the molecule is CCN(C)C(=O)C(C)n1c(C(C)Cl)nc2ccccc21. The molecule has 0 aliphatic heterocycles. The Bertz CT molecular complexity index is 621. The molecule has 0 bridgehead atoms. The Labute approximate surface area is 124 Å². The Morgan fingerprint density at radius 2 is 2.05 bits per heavy atom. The van der Waals surface area contributed by atoms with Crippen LogP contribution in [0.25, 0.3) is 11.0 Å². The Hall–Kier alpha value is -1.55. The van der Waals surface area contributed by atoms with Gasteiger partial charge in [0.2, 0.25) is 5.91 Å². The summed E-state index contributed by atoms with van der Waals surface area (Å²) in [6.07, 6.45) is 0. The van der Waals surface area contributed by atoms with Crippen molar-refractivity contribution in [2.24, 2.45) is 0 Å². The van der Waals surface area contributed by atoms with Crippen LogP contribution in [0.4, 0.5) is 0 Å². The maximum absolute atomic E-state index is 12.4. The number of hydrogen-bond donors (Lipinski definition) is 0. The van der Waals surface area contributed by atoms with Crippen molar-refractivity contribution < 1.29 is 4.79 Å². The highest BCUT2D eigenvalue weighted by Gasteiger charge is 2.25. The van der Waals surface area contributed by atoms with E-state index in [1.807, 2.05) is 56.7 Å². The van der Waals surface area contributed by atoms with Crippen LogP contribution < -0.4 is 0 Å². The van der Waals surface area contributed by atoms with E-state index in [4.69, 9.17) is 11.6 Å². The molecule has 2 rings (SSSR count). The second kappa shape index (κ2) is 5.83. The van der Waals surface area contributed by atoms with Gasteiger partial charge in [-0.2, -0.15) is 0 Å². The molecule has 2 unspecified atom stereocenters. The standard InChI is InChI=1S/C15H20ClN3O/c1-5-18(4)15(20)11(3)19-13-9-7-6-8-12(13)17-14(19)10(2)16/h6-11H,5H2,1-4H3. The Morgan fingerprint density at radius 3 is 2.65 bits per heavy atom. The Kier molecular flexibility index (Phi) is 4.33. The number of carbonyl (C=O) groups is 1. The van der Waals surface area contributed by atoms with Crippen molar-refractivity contribution in [3.05, 3.63) is 30.1 Å². The van der Waals surface area contributed by atoms with Gasteiger partial charge in [0.25, 0.3) is 0 Å². The molecule has 2 aromatic rings. The monoisotopic (exact) mass is 293 g/mol. The minimum Gasteiger partial charge on any atom is -0.344 e. The van der Waals surface area contributed by atoms with Crippen molar-refractivity contribution >= 4 is 28.5 Å². The molecule has 5 heteroatoms. The fourth-order valence-corrected chi connectivity index (χ4v) is 2.49. The summed E-state index contributed by atoms with van der Waals surface area (Å²) in [5.41, 5.74) is 1.81. The normalized spacial score (nSPS) is 14.2. The molecule has 2 atom stereocenters. The summed E-state index contributed by atoms with van der Waals surface area (Å²) in [5.74, 6) is 0.799. The molecular weight excluding hydrogens is 274 g/mol.